The molecule has 13 nitrogen and oxygen atoms in total. The van der Waals surface area contributed by atoms with Crippen molar-refractivity contribution in [3.8, 4) is 0 Å². The van der Waals surface area contributed by atoms with E-state index in [4.69, 9.17) is 34.8 Å². The summed E-state index contributed by atoms with van der Waals surface area (Å²) in [4.78, 5) is 48.0. The molecule has 10 rings (SSSR count). The summed E-state index contributed by atoms with van der Waals surface area (Å²) in [6.45, 7) is 14.6. The third kappa shape index (κ3) is 14.3. The van der Waals surface area contributed by atoms with E-state index in [1.165, 1.54) is 85.0 Å². The molecule has 2 fully saturated rings. The van der Waals surface area contributed by atoms with Crippen molar-refractivity contribution in [2.45, 2.75) is 58.5 Å². The topological polar surface area (TPSA) is 149 Å². The second-order valence-corrected chi connectivity index (χ2v) is 19.5. The van der Waals surface area contributed by atoms with E-state index in [1.807, 2.05) is 30.3 Å². The highest BCUT2D eigenvalue weighted by molar-refractivity contribution is 6.68. The number of aromatic nitrogens is 2. The highest BCUT2D eigenvalue weighted by Gasteiger charge is 2.31. The molecule has 4 heterocycles. The third-order valence-electron chi connectivity index (χ3n) is 13.6. The summed E-state index contributed by atoms with van der Waals surface area (Å²) in [5, 5.41) is 26.4. The summed E-state index contributed by atoms with van der Waals surface area (Å²) in [5.41, 5.74) is 6.74. The number of halogens is 5. The van der Waals surface area contributed by atoms with Crippen LogP contribution < -0.4 is 5.32 Å². The fourth-order valence-corrected chi connectivity index (χ4v) is 10.4. The zero-order chi connectivity index (χ0) is 54.5. The molecule has 0 radical (unpaired) electrons. The first-order valence-electron chi connectivity index (χ1n) is 25.0. The van der Waals surface area contributed by atoms with Crippen molar-refractivity contribution in [3.05, 3.63) is 221 Å². The van der Waals surface area contributed by atoms with Gasteiger partial charge in [0.25, 0.3) is 22.5 Å². The van der Waals surface area contributed by atoms with Crippen LogP contribution in [0.4, 0.5) is 20.2 Å². The average Bonchev–Trinajstić information content (AvgIpc) is 4.26. The Morgan fingerprint density at radius 2 is 1.13 bits per heavy atom. The smallest absolute Gasteiger partial charge is 0.270 e. The standard InChI is InChI=1S/C26H21ClFN3O3.C19H19FN2.C7H3Cl2NO3.C6H15N/c27-24-13-20(31(33)34)8-9-22(24)26(32)29-11-10-18(15-29)23-16-30(25-7-2-1-6-21(23)25)14-17-4-3-5-19(28)12-17;20-16-5-3-4-14(10-16)12-22-13-18(15-8-9-21-11-15)17-6-1-2-7-19(17)22;8-6-3-4(10(12)13)1-2-5(6)7(9)11;1-4-7(5-2)6-3/h1-9,12-13,16,18H,10-11,14-15H2;1-7,10,13,15,21H,8-9,11-12H2;1-3H;4-6H2,1-3H3. The molecule has 6 aromatic carbocycles. The molecule has 0 spiro atoms. The van der Waals surface area contributed by atoms with Crippen LogP contribution in [0.3, 0.4) is 0 Å². The second-order valence-electron chi connectivity index (χ2n) is 18.4. The number of hydrogen-bond acceptors (Lipinski definition) is 8. The maximum atomic E-state index is 13.7. The molecule has 2 aromatic heterocycles. The molecular formula is C58H58Cl3F2N7O6. The number of likely N-dealkylation sites (tertiary alicyclic amines) is 1. The first-order valence-corrected chi connectivity index (χ1v) is 26.2. The van der Waals surface area contributed by atoms with E-state index in [0.717, 1.165) is 53.2 Å². The van der Waals surface area contributed by atoms with E-state index in [0.29, 0.717) is 32.1 Å². The number of benzene rings is 6. The van der Waals surface area contributed by atoms with Gasteiger partial charge in [0.1, 0.15) is 11.6 Å². The van der Waals surface area contributed by atoms with Gasteiger partial charge < -0.3 is 24.3 Å². The molecule has 0 bridgehead atoms. The fourth-order valence-electron chi connectivity index (χ4n) is 9.65. The minimum atomic E-state index is -0.736. The Hall–Kier alpha value is -7.01. The van der Waals surface area contributed by atoms with Crippen molar-refractivity contribution < 1.29 is 28.2 Å². The Morgan fingerprint density at radius 3 is 1.55 bits per heavy atom. The van der Waals surface area contributed by atoms with Crippen LogP contribution >= 0.6 is 34.8 Å². The van der Waals surface area contributed by atoms with Gasteiger partial charge in [0.2, 0.25) is 0 Å². The number of amides is 1. The largest absolute Gasteiger partial charge is 0.343 e. The molecular weight excluding hydrogens is 1040 g/mol. The zero-order valence-corrected chi connectivity index (χ0v) is 44.6. The minimum absolute atomic E-state index is 0.0193. The Kier molecular flexibility index (Phi) is 19.9. The summed E-state index contributed by atoms with van der Waals surface area (Å²) in [7, 11) is 0. The Morgan fingerprint density at radius 1 is 0.645 bits per heavy atom. The van der Waals surface area contributed by atoms with Gasteiger partial charge in [-0.3, -0.25) is 29.8 Å². The average molecular weight is 1090 g/mol. The van der Waals surface area contributed by atoms with Crippen molar-refractivity contribution >= 4 is 79.1 Å². The normalized spacial score (nSPS) is 14.9. The van der Waals surface area contributed by atoms with E-state index < -0.39 is 15.1 Å². The van der Waals surface area contributed by atoms with Gasteiger partial charge in [0, 0.05) is 97.1 Å². The number of rotatable bonds is 13. The van der Waals surface area contributed by atoms with Crippen LogP contribution in [0, 0.1) is 31.9 Å². The lowest BCUT2D eigenvalue weighted by molar-refractivity contribution is -0.385. The number of para-hydroxylation sites is 2. The van der Waals surface area contributed by atoms with E-state index in [2.05, 4.69) is 82.8 Å². The first kappa shape index (κ1) is 56.7. The molecule has 396 valence electrons. The van der Waals surface area contributed by atoms with Crippen molar-refractivity contribution in [1.29, 1.82) is 0 Å². The number of nitrogens with one attached hydrogen (secondary N) is 1. The zero-order valence-electron chi connectivity index (χ0n) is 42.3. The SMILES string of the molecule is CCN(CC)CC.Fc1cccc(Cn2cc(C3CCNC3)c3ccccc32)c1.O=C(Cl)c1ccc([N+](=O)[O-])cc1Cl.O=C(c1ccc([N+](=O)[O-])cc1Cl)N1CCC(c2cn(Cc3cccc(F)c3)c3ccccc23)C1. The molecule has 2 aliphatic rings. The van der Waals surface area contributed by atoms with Gasteiger partial charge in [-0.2, -0.15) is 0 Å². The van der Waals surface area contributed by atoms with Gasteiger partial charge in [-0.15, -0.1) is 0 Å². The van der Waals surface area contributed by atoms with Gasteiger partial charge in [-0.05, 0) is 127 Å². The summed E-state index contributed by atoms with van der Waals surface area (Å²) >= 11 is 16.9. The van der Waals surface area contributed by atoms with Gasteiger partial charge in [0.05, 0.1) is 31.0 Å². The van der Waals surface area contributed by atoms with Crippen molar-refractivity contribution in [1.82, 2.24) is 24.3 Å². The van der Waals surface area contributed by atoms with Gasteiger partial charge in [0.15, 0.2) is 0 Å². The summed E-state index contributed by atoms with van der Waals surface area (Å²) in [5.74, 6) is 0.0576. The molecule has 2 aliphatic heterocycles. The summed E-state index contributed by atoms with van der Waals surface area (Å²) in [6.07, 6.45) is 6.35. The van der Waals surface area contributed by atoms with E-state index in [-0.39, 0.29) is 56.0 Å². The molecule has 8 aromatic rings. The Labute approximate surface area is 454 Å². The minimum Gasteiger partial charge on any atom is -0.343 e. The molecule has 2 saturated heterocycles. The molecule has 0 aliphatic carbocycles. The number of carbonyl (C=O) groups is 2. The lowest BCUT2D eigenvalue weighted by Crippen LogP contribution is -2.28. The molecule has 2 atom stereocenters. The van der Waals surface area contributed by atoms with Gasteiger partial charge >= 0.3 is 0 Å². The lowest BCUT2D eigenvalue weighted by Gasteiger charge is -2.17. The molecule has 0 saturated carbocycles. The quantitative estimate of drug-likeness (QED) is 0.0681. The summed E-state index contributed by atoms with van der Waals surface area (Å²) in [6, 6.07) is 37.5. The maximum Gasteiger partial charge on any atom is 0.270 e. The predicted octanol–water partition coefficient (Wildman–Crippen LogP) is 13.9. The van der Waals surface area contributed by atoms with Crippen LogP contribution in [0.5, 0.6) is 0 Å². The maximum absolute atomic E-state index is 13.7. The van der Waals surface area contributed by atoms with Crippen LogP contribution in [0.25, 0.3) is 21.8 Å². The number of hydrogen-bond donors (Lipinski definition) is 1. The number of fused-ring (bicyclic) bond motifs is 2. The predicted molar refractivity (Wildman–Crippen MR) is 298 cm³/mol. The van der Waals surface area contributed by atoms with Crippen LogP contribution in [0.1, 0.15) is 88.4 Å². The first-order chi connectivity index (χ1) is 36.6. The van der Waals surface area contributed by atoms with Gasteiger partial charge in [-0.25, -0.2) is 8.78 Å². The number of nitro benzene ring substituents is 2. The third-order valence-corrected chi connectivity index (χ3v) is 14.5. The second kappa shape index (κ2) is 26.7. The molecule has 18 heteroatoms. The number of carbonyl (C=O) groups excluding carboxylic acids is 2. The van der Waals surface area contributed by atoms with Crippen LogP contribution in [-0.4, -0.2) is 85.7 Å². The number of nitro groups is 2. The highest BCUT2D eigenvalue weighted by Crippen LogP contribution is 2.36. The highest BCUT2D eigenvalue weighted by atomic mass is 35.5. The fraction of sp³-hybridized carbons (Fsp3) is 0.276. The van der Waals surface area contributed by atoms with Crippen LogP contribution in [0.2, 0.25) is 10.0 Å². The molecule has 2 unspecified atom stereocenters. The van der Waals surface area contributed by atoms with E-state index >= 15 is 0 Å². The van der Waals surface area contributed by atoms with Crippen molar-refractivity contribution in [2.24, 2.45) is 0 Å². The van der Waals surface area contributed by atoms with Crippen molar-refractivity contribution in [3.63, 3.8) is 0 Å². The molecule has 1 N–H and O–H groups in total. The Balaban J connectivity index is 0.000000170. The Bertz CT molecular complexity index is 3330. The van der Waals surface area contributed by atoms with Crippen LogP contribution in [-0.2, 0) is 13.1 Å². The number of non-ortho nitro benzene ring substituents is 2. The van der Waals surface area contributed by atoms with Crippen molar-refractivity contribution in [2.75, 3.05) is 45.8 Å². The van der Waals surface area contributed by atoms with E-state index in [1.54, 1.807) is 29.2 Å². The van der Waals surface area contributed by atoms with E-state index in [9.17, 15) is 38.6 Å². The lowest BCUT2D eigenvalue weighted by atomic mass is 9.98. The van der Waals surface area contributed by atoms with Crippen LogP contribution in [0.15, 0.2) is 146 Å². The summed E-state index contributed by atoms with van der Waals surface area (Å²) < 4.78 is 31.5. The molecule has 1 amide bonds. The molecule has 76 heavy (non-hydrogen) atoms. The number of nitrogens with zero attached hydrogens (tertiary/aromatic N) is 6. The monoisotopic (exact) mass is 1090 g/mol. The van der Waals surface area contributed by atoms with Gasteiger partial charge in [-0.1, -0.05) is 105 Å².